The highest BCUT2D eigenvalue weighted by Gasteiger charge is 2.20. The zero-order valence-corrected chi connectivity index (χ0v) is 17.6. The number of amides is 1. The molecule has 0 heterocycles. The van der Waals surface area contributed by atoms with Gasteiger partial charge in [-0.2, -0.15) is 0 Å². The van der Waals surface area contributed by atoms with Crippen LogP contribution in [0.25, 0.3) is 0 Å². The molecule has 3 rings (SSSR count). The Morgan fingerprint density at radius 3 is 2.34 bits per heavy atom. The SMILES string of the molecule is O=C(O)CC(=O)Nc1cc(Cl)c(OCc2cc(Cl)cc(NCC3CC3)c2)c(Cl)c1. The summed E-state index contributed by atoms with van der Waals surface area (Å²) in [6, 6.07) is 8.51. The van der Waals surface area contributed by atoms with E-state index in [2.05, 4.69) is 10.6 Å². The Labute approximate surface area is 183 Å². The molecule has 2 aromatic carbocycles. The first-order valence-electron chi connectivity index (χ1n) is 8.97. The summed E-state index contributed by atoms with van der Waals surface area (Å²) in [6.07, 6.45) is 1.86. The van der Waals surface area contributed by atoms with E-state index in [1.165, 1.54) is 25.0 Å². The van der Waals surface area contributed by atoms with E-state index in [4.69, 9.17) is 44.6 Å². The Hall–Kier alpha value is -2.15. The quantitative estimate of drug-likeness (QED) is 0.435. The van der Waals surface area contributed by atoms with Crippen LogP contribution >= 0.6 is 34.8 Å². The van der Waals surface area contributed by atoms with Gasteiger partial charge >= 0.3 is 5.97 Å². The standard InChI is InChI=1S/C20H19Cl3N2O4/c21-13-3-12(4-14(5-13)24-9-11-1-2-11)10-29-20-16(22)6-15(7-17(20)23)25-18(26)8-19(27)28/h3-7,11,24H,1-2,8-10H2,(H,25,26)(H,27,28). The maximum atomic E-state index is 11.6. The van der Waals surface area contributed by atoms with Crippen LogP contribution in [0.3, 0.4) is 0 Å². The molecule has 6 nitrogen and oxygen atoms in total. The van der Waals surface area contributed by atoms with E-state index in [1.807, 2.05) is 12.1 Å². The number of benzene rings is 2. The molecule has 0 atom stereocenters. The van der Waals surface area contributed by atoms with Crippen molar-refractivity contribution in [2.75, 3.05) is 17.2 Å². The molecule has 1 aliphatic carbocycles. The molecular weight excluding hydrogens is 439 g/mol. The molecule has 9 heteroatoms. The van der Waals surface area contributed by atoms with E-state index >= 15 is 0 Å². The van der Waals surface area contributed by atoms with Crippen LogP contribution in [0.2, 0.25) is 15.1 Å². The van der Waals surface area contributed by atoms with Gasteiger partial charge in [0.15, 0.2) is 5.75 Å². The third-order valence-electron chi connectivity index (χ3n) is 4.23. The maximum absolute atomic E-state index is 11.6. The van der Waals surface area contributed by atoms with E-state index in [0.717, 1.165) is 23.7 Å². The fourth-order valence-electron chi connectivity index (χ4n) is 2.69. The number of carboxylic acid groups (broad SMARTS) is 1. The van der Waals surface area contributed by atoms with Gasteiger partial charge in [0, 0.05) is 22.9 Å². The summed E-state index contributed by atoms with van der Waals surface area (Å²) < 4.78 is 5.77. The second-order valence-electron chi connectivity index (χ2n) is 6.85. The average Bonchev–Trinajstić information content (AvgIpc) is 3.42. The molecule has 0 saturated heterocycles. The van der Waals surface area contributed by atoms with Crippen molar-refractivity contribution in [2.45, 2.75) is 25.9 Å². The van der Waals surface area contributed by atoms with Gasteiger partial charge in [0.1, 0.15) is 13.0 Å². The molecule has 0 bridgehead atoms. The van der Waals surface area contributed by atoms with Crippen LogP contribution in [-0.4, -0.2) is 23.5 Å². The van der Waals surface area contributed by atoms with Crippen LogP contribution in [-0.2, 0) is 16.2 Å². The Kier molecular flexibility index (Phi) is 7.11. The maximum Gasteiger partial charge on any atom is 0.312 e. The number of hydrogen-bond donors (Lipinski definition) is 3. The summed E-state index contributed by atoms with van der Waals surface area (Å²) in [5.74, 6) is -0.909. The molecule has 0 aliphatic heterocycles. The zero-order chi connectivity index (χ0) is 21.0. The fraction of sp³-hybridized carbons (Fsp3) is 0.300. The Morgan fingerprint density at radius 1 is 1.03 bits per heavy atom. The minimum absolute atomic E-state index is 0.192. The molecule has 1 aliphatic rings. The van der Waals surface area contributed by atoms with E-state index in [0.29, 0.717) is 5.02 Å². The van der Waals surface area contributed by atoms with Crippen LogP contribution in [0.4, 0.5) is 11.4 Å². The van der Waals surface area contributed by atoms with Crippen LogP contribution in [0.15, 0.2) is 30.3 Å². The summed E-state index contributed by atoms with van der Waals surface area (Å²) in [5, 5.41) is 15.4. The first kappa shape index (κ1) is 21.6. The average molecular weight is 458 g/mol. The monoisotopic (exact) mass is 456 g/mol. The van der Waals surface area contributed by atoms with Crippen molar-refractivity contribution in [1.29, 1.82) is 0 Å². The number of aliphatic carboxylic acids is 1. The highest BCUT2D eigenvalue weighted by atomic mass is 35.5. The van der Waals surface area contributed by atoms with Gasteiger partial charge in [0.2, 0.25) is 5.91 Å². The van der Waals surface area contributed by atoms with Crippen molar-refractivity contribution in [3.8, 4) is 5.75 Å². The molecule has 29 heavy (non-hydrogen) atoms. The molecule has 0 radical (unpaired) electrons. The van der Waals surface area contributed by atoms with Crippen molar-refractivity contribution in [3.05, 3.63) is 51.0 Å². The summed E-state index contributed by atoms with van der Waals surface area (Å²) in [4.78, 5) is 22.2. The minimum atomic E-state index is -1.23. The molecular formula is C20H19Cl3N2O4. The largest absolute Gasteiger partial charge is 0.486 e. The smallest absolute Gasteiger partial charge is 0.312 e. The lowest BCUT2D eigenvalue weighted by Gasteiger charge is -2.14. The lowest BCUT2D eigenvalue weighted by Crippen LogP contribution is -2.15. The molecule has 1 fully saturated rings. The summed E-state index contributed by atoms with van der Waals surface area (Å²) in [5.41, 5.74) is 2.06. The summed E-state index contributed by atoms with van der Waals surface area (Å²) >= 11 is 18.7. The molecule has 154 valence electrons. The van der Waals surface area contributed by atoms with E-state index < -0.39 is 18.3 Å². The molecule has 0 spiro atoms. The first-order chi connectivity index (χ1) is 13.8. The second-order valence-corrected chi connectivity index (χ2v) is 8.10. The number of rotatable bonds is 9. The number of ether oxygens (including phenoxy) is 1. The van der Waals surface area contributed by atoms with Gasteiger partial charge in [-0.15, -0.1) is 0 Å². The number of carbonyl (C=O) groups excluding carboxylic acids is 1. The topological polar surface area (TPSA) is 87.7 Å². The van der Waals surface area contributed by atoms with Gasteiger partial charge in [0.25, 0.3) is 0 Å². The minimum Gasteiger partial charge on any atom is -0.486 e. The predicted molar refractivity (Wildman–Crippen MR) is 114 cm³/mol. The Balaban J connectivity index is 1.65. The van der Waals surface area contributed by atoms with Gasteiger partial charge in [-0.25, -0.2) is 0 Å². The van der Waals surface area contributed by atoms with Gasteiger partial charge in [-0.05, 0) is 54.7 Å². The highest BCUT2D eigenvalue weighted by molar-refractivity contribution is 6.37. The second kappa shape index (κ2) is 9.57. The first-order valence-corrected chi connectivity index (χ1v) is 10.1. The van der Waals surface area contributed by atoms with Crippen molar-refractivity contribution in [3.63, 3.8) is 0 Å². The zero-order valence-electron chi connectivity index (χ0n) is 15.3. The molecule has 0 unspecified atom stereocenters. The Bertz CT molecular complexity index is 909. The fourth-order valence-corrected chi connectivity index (χ4v) is 3.54. The molecule has 3 N–H and O–H groups in total. The van der Waals surface area contributed by atoms with Crippen molar-refractivity contribution < 1.29 is 19.4 Å². The van der Waals surface area contributed by atoms with E-state index in [-0.39, 0.29) is 28.1 Å². The molecule has 1 amide bonds. The lowest BCUT2D eigenvalue weighted by atomic mass is 10.2. The highest BCUT2D eigenvalue weighted by Crippen LogP contribution is 2.37. The third kappa shape index (κ3) is 6.70. The summed E-state index contributed by atoms with van der Waals surface area (Å²) in [6.45, 7) is 1.12. The van der Waals surface area contributed by atoms with Gasteiger partial charge < -0.3 is 20.5 Å². The van der Waals surface area contributed by atoms with E-state index in [1.54, 1.807) is 6.07 Å². The number of anilines is 2. The Morgan fingerprint density at radius 2 is 1.72 bits per heavy atom. The third-order valence-corrected chi connectivity index (χ3v) is 5.01. The number of hydrogen-bond acceptors (Lipinski definition) is 4. The number of halogens is 3. The van der Waals surface area contributed by atoms with Crippen LogP contribution in [0, 0.1) is 5.92 Å². The van der Waals surface area contributed by atoms with Gasteiger partial charge in [-0.3, -0.25) is 9.59 Å². The molecule has 2 aromatic rings. The predicted octanol–water partition coefficient (Wildman–Crippen LogP) is 5.46. The van der Waals surface area contributed by atoms with Crippen LogP contribution in [0.5, 0.6) is 5.75 Å². The van der Waals surface area contributed by atoms with Crippen LogP contribution < -0.4 is 15.4 Å². The van der Waals surface area contributed by atoms with Gasteiger partial charge in [0.05, 0.1) is 10.0 Å². The van der Waals surface area contributed by atoms with Crippen molar-refractivity contribution in [1.82, 2.24) is 0 Å². The lowest BCUT2D eigenvalue weighted by molar-refractivity contribution is -0.139. The number of nitrogens with one attached hydrogen (secondary N) is 2. The molecule has 0 aromatic heterocycles. The molecule has 1 saturated carbocycles. The van der Waals surface area contributed by atoms with Crippen molar-refractivity contribution >= 4 is 58.1 Å². The van der Waals surface area contributed by atoms with E-state index in [9.17, 15) is 9.59 Å². The van der Waals surface area contributed by atoms with Crippen molar-refractivity contribution in [2.24, 2.45) is 5.92 Å². The number of carboxylic acids is 1. The normalized spacial score (nSPS) is 13.1. The summed E-state index contributed by atoms with van der Waals surface area (Å²) in [7, 11) is 0. The van der Waals surface area contributed by atoms with Crippen LogP contribution in [0.1, 0.15) is 24.8 Å². The van der Waals surface area contributed by atoms with Gasteiger partial charge in [-0.1, -0.05) is 34.8 Å². The number of carbonyl (C=O) groups is 2.